The van der Waals surface area contributed by atoms with Gasteiger partial charge in [0.15, 0.2) is 0 Å². The molecule has 0 radical (unpaired) electrons. The van der Waals surface area contributed by atoms with Gasteiger partial charge >= 0.3 is 6.03 Å². The summed E-state index contributed by atoms with van der Waals surface area (Å²) in [6, 6.07) is -0.120. The van der Waals surface area contributed by atoms with Crippen molar-refractivity contribution in [2.45, 2.75) is 58.0 Å². The van der Waals surface area contributed by atoms with E-state index in [2.05, 4.69) is 5.32 Å². The maximum absolute atomic E-state index is 12.4. The third-order valence-corrected chi connectivity index (χ3v) is 4.52. The molecule has 1 saturated heterocycles. The smallest absolute Gasteiger partial charge is 0.325 e. The maximum Gasteiger partial charge on any atom is 0.325 e. The Morgan fingerprint density at radius 1 is 1.30 bits per heavy atom. The fourth-order valence-corrected chi connectivity index (χ4v) is 3.02. The summed E-state index contributed by atoms with van der Waals surface area (Å²) >= 11 is 0. The number of likely N-dealkylation sites (N-methyl/N-ethyl adjacent to an activating group) is 1. The van der Waals surface area contributed by atoms with E-state index in [0.717, 1.165) is 12.8 Å². The van der Waals surface area contributed by atoms with Crippen molar-refractivity contribution in [2.75, 3.05) is 13.1 Å². The summed E-state index contributed by atoms with van der Waals surface area (Å²) in [7, 11) is 0. The van der Waals surface area contributed by atoms with Gasteiger partial charge in [-0.05, 0) is 32.6 Å². The molecule has 2 rings (SSSR count). The van der Waals surface area contributed by atoms with Crippen molar-refractivity contribution in [3.8, 4) is 0 Å². The zero-order chi connectivity index (χ0) is 14.9. The Labute approximate surface area is 119 Å². The molecule has 1 saturated carbocycles. The topological polar surface area (TPSA) is 69.7 Å². The molecule has 1 aliphatic carbocycles. The van der Waals surface area contributed by atoms with E-state index in [1.165, 1.54) is 4.90 Å². The first-order valence-electron chi connectivity index (χ1n) is 7.42. The second-order valence-corrected chi connectivity index (χ2v) is 5.50. The molecule has 0 aromatic carbocycles. The Hall–Kier alpha value is -1.59. The minimum atomic E-state index is -0.865. The molecule has 2 aliphatic rings. The molecule has 6 nitrogen and oxygen atoms in total. The lowest BCUT2D eigenvalue weighted by molar-refractivity contribution is -0.134. The summed E-state index contributed by atoms with van der Waals surface area (Å²) in [6.45, 7) is 6.33. The number of hydrogen-bond donors (Lipinski definition) is 1. The highest BCUT2D eigenvalue weighted by Gasteiger charge is 2.51. The number of nitrogens with zero attached hydrogens (tertiary/aromatic N) is 2. The average molecular weight is 281 g/mol. The van der Waals surface area contributed by atoms with Crippen molar-refractivity contribution in [3.63, 3.8) is 0 Å². The third kappa shape index (κ3) is 2.27. The van der Waals surface area contributed by atoms with Gasteiger partial charge in [0.05, 0.1) is 0 Å². The summed E-state index contributed by atoms with van der Waals surface area (Å²) in [5, 5.41) is 2.34. The fraction of sp³-hybridized carbons (Fsp3) is 0.786. The number of amides is 4. The monoisotopic (exact) mass is 281 g/mol. The van der Waals surface area contributed by atoms with E-state index in [9.17, 15) is 14.4 Å². The first kappa shape index (κ1) is 14.8. The summed E-state index contributed by atoms with van der Waals surface area (Å²) in [5.74, 6) is -0.346. The van der Waals surface area contributed by atoms with E-state index in [1.54, 1.807) is 0 Å². The standard InChI is InChI=1S/C14H23N3O3/c1-4-14(5-2)12(19)15-13(20)17(14)9-11(18)16(6-3)10-7-8-10/h10H,4-9H2,1-3H3,(H,15,19,20). The van der Waals surface area contributed by atoms with Crippen molar-refractivity contribution >= 4 is 17.8 Å². The van der Waals surface area contributed by atoms with Crippen molar-refractivity contribution in [1.82, 2.24) is 15.1 Å². The highest BCUT2D eigenvalue weighted by Crippen LogP contribution is 2.31. The number of rotatable bonds is 6. The van der Waals surface area contributed by atoms with Gasteiger partial charge < -0.3 is 9.80 Å². The molecule has 0 spiro atoms. The van der Waals surface area contributed by atoms with E-state index < -0.39 is 11.6 Å². The molecule has 0 unspecified atom stereocenters. The van der Waals surface area contributed by atoms with Crippen molar-refractivity contribution < 1.29 is 14.4 Å². The van der Waals surface area contributed by atoms with E-state index in [4.69, 9.17) is 0 Å². The number of carbonyl (C=O) groups excluding carboxylic acids is 3. The van der Waals surface area contributed by atoms with Crippen LogP contribution < -0.4 is 5.32 Å². The highest BCUT2D eigenvalue weighted by molar-refractivity contribution is 6.08. The maximum atomic E-state index is 12.4. The van der Waals surface area contributed by atoms with Gasteiger partial charge in [0.1, 0.15) is 12.1 Å². The van der Waals surface area contributed by atoms with Crippen LogP contribution in [0.5, 0.6) is 0 Å². The van der Waals surface area contributed by atoms with Gasteiger partial charge in [0.2, 0.25) is 5.91 Å². The first-order chi connectivity index (χ1) is 9.50. The van der Waals surface area contributed by atoms with Crippen LogP contribution in [0.25, 0.3) is 0 Å². The van der Waals surface area contributed by atoms with Crippen LogP contribution in [0.3, 0.4) is 0 Å². The quantitative estimate of drug-likeness (QED) is 0.741. The van der Waals surface area contributed by atoms with Gasteiger partial charge in [-0.3, -0.25) is 14.9 Å². The largest absolute Gasteiger partial charge is 0.338 e. The molecule has 0 atom stereocenters. The molecular weight excluding hydrogens is 258 g/mol. The van der Waals surface area contributed by atoms with Crippen LogP contribution in [0.2, 0.25) is 0 Å². The minimum Gasteiger partial charge on any atom is -0.338 e. The Morgan fingerprint density at radius 2 is 1.90 bits per heavy atom. The van der Waals surface area contributed by atoms with Crippen LogP contribution in [0.15, 0.2) is 0 Å². The molecule has 0 aromatic heterocycles. The van der Waals surface area contributed by atoms with E-state index in [-0.39, 0.29) is 18.4 Å². The molecule has 4 amide bonds. The Morgan fingerprint density at radius 3 is 2.35 bits per heavy atom. The Bertz CT molecular complexity index is 427. The van der Waals surface area contributed by atoms with E-state index in [1.807, 2.05) is 25.7 Å². The van der Waals surface area contributed by atoms with Gasteiger partial charge in [-0.15, -0.1) is 0 Å². The average Bonchev–Trinajstić information content (AvgIpc) is 3.21. The molecule has 112 valence electrons. The van der Waals surface area contributed by atoms with Crippen LogP contribution >= 0.6 is 0 Å². The summed E-state index contributed by atoms with van der Waals surface area (Å²) in [5.41, 5.74) is -0.865. The van der Waals surface area contributed by atoms with Crippen LogP contribution in [0, 0.1) is 0 Å². The Kier molecular flexibility index (Phi) is 4.01. The number of imide groups is 1. The van der Waals surface area contributed by atoms with Gasteiger partial charge in [-0.2, -0.15) is 0 Å². The van der Waals surface area contributed by atoms with Crippen LogP contribution in [0.1, 0.15) is 46.5 Å². The summed E-state index contributed by atoms with van der Waals surface area (Å²) in [6.07, 6.45) is 3.11. The highest BCUT2D eigenvalue weighted by atomic mass is 16.2. The second kappa shape index (κ2) is 5.42. The summed E-state index contributed by atoms with van der Waals surface area (Å²) in [4.78, 5) is 39.6. The normalized spacial score (nSPS) is 21.1. The Balaban J connectivity index is 2.15. The predicted octanol–water partition coefficient (Wildman–Crippen LogP) is 1.11. The van der Waals surface area contributed by atoms with Crippen molar-refractivity contribution in [3.05, 3.63) is 0 Å². The molecule has 0 bridgehead atoms. The van der Waals surface area contributed by atoms with Gasteiger partial charge in [-0.1, -0.05) is 13.8 Å². The van der Waals surface area contributed by atoms with Gasteiger partial charge in [0.25, 0.3) is 5.91 Å². The van der Waals surface area contributed by atoms with Crippen molar-refractivity contribution in [2.24, 2.45) is 0 Å². The zero-order valence-corrected chi connectivity index (χ0v) is 12.4. The second-order valence-electron chi connectivity index (χ2n) is 5.50. The molecule has 20 heavy (non-hydrogen) atoms. The molecule has 1 aliphatic heterocycles. The predicted molar refractivity (Wildman–Crippen MR) is 74.0 cm³/mol. The van der Waals surface area contributed by atoms with E-state index >= 15 is 0 Å². The SMILES string of the molecule is CCN(C(=O)CN1C(=O)NC(=O)C1(CC)CC)C1CC1. The van der Waals surface area contributed by atoms with Crippen molar-refractivity contribution in [1.29, 1.82) is 0 Å². The molecule has 1 N–H and O–H groups in total. The number of urea groups is 1. The van der Waals surface area contributed by atoms with Crippen LogP contribution in [-0.4, -0.2) is 52.3 Å². The van der Waals surface area contributed by atoms with Gasteiger partial charge in [-0.25, -0.2) is 4.79 Å². The molecule has 6 heteroatoms. The van der Waals surface area contributed by atoms with Gasteiger partial charge in [0, 0.05) is 12.6 Å². The number of carbonyl (C=O) groups is 3. The number of nitrogens with one attached hydrogen (secondary N) is 1. The number of hydrogen-bond acceptors (Lipinski definition) is 3. The van der Waals surface area contributed by atoms with Crippen LogP contribution in [-0.2, 0) is 9.59 Å². The first-order valence-corrected chi connectivity index (χ1v) is 7.42. The van der Waals surface area contributed by atoms with E-state index in [0.29, 0.717) is 25.4 Å². The molecule has 1 heterocycles. The summed E-state index contributed by atoms with van der Waals surface area (Å²) < 4.78 is 0. The lowest BCUT2D eigenvalue weighted by Gasteiger charge is -2.34. The molecule has 0 aromatic rings. The zero-order valence-electron chi connectivity index (χ0n) is 12.4. The lowest BCUT2D eigenvalue weighted by atomic mass is 9.91. The molecular formula is C14H23N3O3. The third-order valence-electron chi connectivity index (χ3n) is 4.52. The van der Waals surface area contributed by atoms with Crippen LogP contribution in [0.4, 0.5) is 4.79 Å². The fourth-order valence-electron chi connectivity index (χ4n) is 3.02. The lowest BCUT2D eigenvalue weighted by Crippen LogP contribution is -2.53. The minimum absolute atomic E-state index is 0.0103. The molecule has 2 fully saturated rings.